The van der Waals surface area contributed by atoms with Crippen molar-refractivity contribution in [1.82, 2.24) is 4.98 Å². The number of ketones is 1. The second-order valence-electron chi connectivity index (χ2n) is 8.72. The highest BCUT2D eigenvalue weighted by Gasteiger charge is 2.38. The number of ether oxygens (including phenoxy) is 1. The number of carbonyl (C=O) groups excluding carboxylic acids is 1. The third kappa shape index (κ3) is 3.44. The molecule has 4 nitrogen and oxygen atoms in total. The molecule has 4 rings (SSSR count). The molecule has 0 aliphatic heterocycles. The summed E-state index contributed by atoms with van der Waals surface area (Å²) >= 11 is 0. The van der Waals surface area contributed by atoms with Crippen LogP contribution in [0.25, 0.3) is 10.9 Å². The van der Waals surface area contributed by atoms with Crippen molar-refractivity contribution in [2.24, 2.45) is 5.41 Å². The first-order chi connectivity index (χ1) is 13.8. The van der Waals surface area contributed by atoms with Crippen molar-refractivity contribution in [1.29, 1.82) is 0 Å². The highest BCUT2D eigenvalue weighted by atomic mass is 16.5. The molecule has 4 heteroatoms. The van der Waals surface area contributed by atoms with Crippen molar-refractivity contribution >= 4 is 16.7 Å². The number of rotatable bonds is 4. The molecule has 0 spiro atoms. The maximum atomic E-state index is 13.2. The number of fused-ring (bicyclic) bond motifs is 1. The van der Waals surface area contributed by atoms with Crippen molar-refractivity contribution < 1.29 is 14.6 Å². The van der Waals surface area contributed by atoms with Crippen molar-refractivity contribution in [3.05, 3.63) is 76.7 Å². The summed E-state index contributed by atoms with van der Waals surface area (Å²) in [5, 5.41) is 12.1. The van der Waals surface area contributed by atoms with Crippen LogP contribution in [0.1, 0.15) is 49.4 Å². The number of aliphatic hydroxyl groups is 1. The average molecular weight is 389 g/mol. The number of para-hydroxylation sites is 1. The molecule has 0 radical (unpaired) electrons. The molecule has 0 saturated heterocycles. The average Bonchev–Trinajstić information content (AvgIpc) is 2.99. The molecule has 0 amide bonds. The van der Waals surface area contributed by atoms with Gasteiger partial charge in [-0.05, 0) is 41.7 Å². The molecule has 0 unspecified atom stereocenters. The van der Waals surface area contributed by atoms with Crippen molar-refractivity contribution in [2.45, 2.75) is 39.5 Å². The summed E-state index contributed by atoms with van der Waals surface area (Å²) in [6.07, 6.45) is 0.933. The third-order valence-corrected chi connectivity index (χ3v) is 5.87. The normalized spacial score (nSPS) is 17.6. The van der Waals surface area contributed by atoms with Crippen LogP contribution in [0.15, 0.2) is 59.9 Å². The number of aromatic amines is 1. The Hall–Kier alpha value is -3.01. The van der Waals surface area contributed by atoms with Gasteiger partial charge in [-0.25, -0.2) is 0 Å². The Morgan fingerprint density at radius 1 is 1.07 bits per heavy atom. The van der Waals surface area contributed by atoms with Gasteiger partial charge in [0, 0.05) is 40.9 Å². The lowest BCUT2D eigenvalue weighted by Gasteiger charge is -2.33. The van der Waals surface area contributed by atoms with Gasteiger partial charge in [-0.2, -0.15) is 0 Å². The van der Waals surface area contributed by atoms with Crippen molar-refractivity contribution in [3.8, 4) is 5.75 Å². The minimum atomic E-state index is -0.333. The van der Waals surface area contributed by atoms with Gasteiger partial charge in [-0.1, -0.05) is 44.2 Å². The van der Waals surface area contributed by atoms with E-state index >= 15 is 0 Å². The molecule has 1 heterocycles. The van der Waals surface area contributed by atoms with Gasteiger partial charge in [0.05, 0.1) is 7.11 Å². The first kappa shape index (κ1) is 19.3. The zero-order valence-electron chi connectivity index (χ0n) is 17.4. The molecule has 0 fully saturated rings. The van der Waals surface area contributed by atoms with Crippen molar-refractivity contribution in [3.63, 3.8) is 0 Å². The topological polar surface area (TPSA) is 62.3 Å². The number of hydrogen-bond donors (Lipinski definition) is 2. The molecule has 29 heavy (non-hydrogen) atoms. The van der Waals surface area contributed by atoms with E-state index in [9.17, 15) is 9.90 Å². The number of Topliss-reactive ketones (excluding diaryl/α,β-unsaturated/α-hetero) is 1. The fourth-order valence-electron chi connectivity index (χ4n) is 4.57. The quantitative estimate of drug-likeness (QED) is 0.591. The summed E-state index contributed by atoms with van der Waals surface area (Å²) in [4.78, 5) is 16.7. The van der Waals surface area contributed by atoms with E-state index in [1.165, 1.54) is 0 Å². The maximum absolute atomic E-state index is 13.2. The Morgan fingerprint density at radius 3 is 2.41 bits per heavy atom. The minimum Gasteiger partial charge on any atom is -0.512 e. The molecule has 1 aromatic heterocycles. The lowest BCUT2D eigenvalue weighted by atomic mass is 9.70. The Balaban J connectivity index is 1.97. The van der Waals surface area contributed by atoms with Crippen LogP contribution in [-0.2, 0) is 4.79 Å². The number of carbonyl (C=O) groups is 1. The molecular formula is C25H27NO3. The summed E-state index contributed by atoms with van der Waals surface area (Å²) in [6.45, 7) is 6.08. The summed E-state index contributed by atoms with van der Waals surface area (Å²) in [5.41, 5.74) is 4.33. The zero-order valence-corrected chi connectivity index (χ0v) is 17.4. The van der Waals surface area contributed by atoms with Crippen LogP contribution in [-0.4, -0.2) is 23.0 Å². The number of hydrogen-bond acceptors (Lipinski definition) is 3. The summed E-state index contributed by atoms with van der Waals surface area (Å²) in [5.74, 6) is 0.652. The van der Waals surface area contributed by atoms with E-state index in [1.807, 2.05) is 63.2 Å². The van der Waals surface area contributed by atoms with E-state index in [0.717, 1.165) is 33.5 Å². The van der Waals surface area contributed by atoms with Gasteiger partial charge in [0.1, 0.15) is 11.5 Å². The van der Waals surface area contributed by atoms with E-state index in [0.29, 0.717) is 18.4 Å². The van der Waals surface area contributed by atoms with Crippen molar-refractivity contribution in [2.75, 3.05) is 7.11 Å². The summed E-state index contributed by atoms with van der Waals surface area (Å²) in [7, 11) is 1.64. The fourth-order valence-corrected chi connectivity index (χ4v) is 4.57. The molecule has 0 saturated carbocycles. The number of nitrogens with one attached hydrogen (secondary N) is 1. The van der Waals surface area contributed by atoms with E-state index in [4.69, 9.17) is 4.74 Å². The van der Waals surface area contributed by atoms with E-state index in [1.54, 1.807) is 7.11 Å². The number of aliphatic hydroxyl groups excluding tert-OH is 1. The summed E-state index contributed by atoms with van der Waals surface area (Å²) < 4.78 is 5.31. The first-order valence-electron chi connectivity index (χ1n) is 9.97. The second kappa shape index (κ2) is 7.11. The zero-order chi connectivity index (χ0) is 20.8. The molecule has 1 aliphatic rings. The SMILES string of the molecule is COc1ccc([C@H](C2=C(O)CC(C)(C)CC2=O)c2c(C)[nH]c3ccccc23)cc1. The monoisotopic (exact) mass is 389 g/mol. The van der Waals surface area contributed by atoms with Crippen LogP contribution in [0.4, 0.5) is 0 Å². The molecule has 1 atom stereocenters. The molecule has 150 valence electrons. The van der Waals surface area contributed by atoms with Gasteiger partial charge in [0.2, 0.25) is 0 Å². The Morgan fingerprint density at radius 2 is 1.76 bits per heavy atom. The highest BCUT2D eigenvalue weighted by molar-refractivity contribution is 6.01. The molecule has 1 aliphatic carbocycles. The van der Waals surface area contributed by atoms with Gasteiger partial charge in [0.25, 0.3) is 0 Å². The van der Waals surface area contributed by atoms with Crippen LogP contribution in [0.3, 0.4) is 0 Å². The minimum absolute atomic E-state index is 0.0178. The summed E-state index contributed by atoms with van der Waals surface area (Å²) in [6, 6.07) is 15.9. The smallest absolute Gasteiger partial charge is 0.163 e. The Labute approximate surface area is 171 Å². The Bertz CT molecular complexity index is 1100. The van der Waals surface area contributed by atoms with E-state index in [2.05, 4.69) is 11.1 Å². The maximum Gasteiger partial charge on any atom is 0.163 e. The number of benzene rings is 2. The highest BCUT2D eigenvalue weighted by Crippen LogP contribution is 2.45. The van der Waals surface area contributed by atoms with Gasteiger partial charge < -0.3 is 14.8 Å². The standard InChI is InChI=1S/C25H27NO3/c1-15-22(18-7-5-6-8-19(18)26-15)23(16-9-11-17(29-4)12-10-16)24-20(27)13-25(2,3)14-21(24)28/h5-12,23,26-27H,13-14H2,1-4H3/t23-/m0/s1. The third-order valence-electron chi connectivity index (χ3n) is 5.87. The number of methoxy groups -OCH3 is 1. The number of aromatic nitrogens is 1. The molecule has 3 aromatic rings. The largest absolute Gasteiger partial charge is 0.512 e. The van der Waals surface area contributed by atoms with Gasteiger partial charge >= 0.3 is 0 Å². The number of H-pyrrole nitrogens is 1. The van der Waals surface area contributed by atoms with Crippen LogP contribution >= 0.6 is 0 Å². The van der Waals surface area contributed by atoms with Gasteiger partial charge in [-0.3, -0.25) is 4.79 Å². The molecule has 0 bridgehead atoms. The van der Waals surface area contributed by atoms with Gasteiger partial charge in [-0.15, -0.1) is 0 Å². The Kier molecular flexibility index (Phi) is 4.73. The lowest BCUT2D eigenvalue weighted by Crippen LogP contribution is -2.29. The van der Waals surface area contributed by atoms with E-state index in [-0.39, 0.29) is 22.9 Å². The lowest BCUT2D eigenvalue weighted by molar-refractivity contribution is -0.118. The molecule has 2 aromatic carbocycles. The second-order valence-corrected chi connectivity index (χ2v) is 8.72. The fraction of sp³-hybridized carbons (Fsp3) is 0.320. The van der Waals surface area contributed by atoms with Crippen LogP contribution in [0, 0.1) is 12.3 Å². The van der Waals surface area contributed by atoms with Crippen LogP contribution < -0.4 is 4.74 Å². The van der Waals surface area contributed by atoms with Crippen LogP contribution in [0.2, 0.25) is 0 Å². The predicted molar refractivity (Wildman–Crippen MR) is 116 cm³/mol. The number of aryl methyl sites for hydroxylation is 1. The van der Waals surface area contributed by atoms with E-state index < -0.39 is 0 Å². The molecular weight excluding hydrogens is 362 g/mol. The first-order valence-corrected chi connectivity index (χ1v) is 9.97. The molecule has 2 N–H and O–H groups in total. The number of allylic oxidation sites excluding steroid dienone is 2. The van der Waals surface area contributed by atoms with Crippen LogP contribution in [0.5, 0.6) is 5.75 Å². The van der Waals surface area contributed by atoms with Gasteiger partial charge in [0.15, 0.2) is 5.78 Å². The predicted octanol–water partition coefficient (Wildman–Crippen LogP) is 5.82.